The molecule has 4 nitrogen and oxygen atoms in total. The number of hydrogen-bond acceptors (Lipinski definition) is 3. The molecular weight excluding hydrogens is 340 g/mol. The highest BCUT2D eigenvalue weighted by Crippen LogP contribution is 2.67. The first-order chi connectivity index (χ1) is 12.8. The maximum absolute atomic E-state index is 11.2. The van der Waals surface area contributed by atoms with Gasteiger partial charge in [-0.1, -0.05) is 13.8 Å². The zero-order chi connectivity index (χ0) is 19.4. The van der Waals surface area contributed by atoms with Crippen molar-refractivity contribution in [1.29, 1.82) is 0 Å². The number of fused-ring (bicyclic) bond motifs is 5. The third-order valence-electron chi connectivity index (χ3n) is 9.80. The van der Waals surface area contributed by atoms with Gasteiger partial charge < -0.3 is 15.3 Å². The number of hydrogen-bond donors (Lipinski definition) is 3. The zero-order valence-electron chi connectivity index (χ0n) is 17.1. The molecule has 27 heavy (non-hydrogen) atoms. The molecule has 7 unspecified atom stereocenters. The van der Waals surface area contributed by atoms with Crippen LogP contribution in [0.15, 0.2) is 0 Å². The van der Waals surface area contributed by atoms with Gasteiger partial charge >= 0.3 is 5.97 Å². The van der Waals surface area contributed by atoms with Gasteiger partial charge in [-0.3, -0.25) is 4.79 Å². The molecule has 9 atom stereocenters. The number of carbonyl (C=O) groups is 1. The molecule has 0 heterocycles. The monoisotopic (exact) mass is 378 g/mol. The summed E-state index contributed by atoms with van der Waals surface area (Å²) in [4.78, 5) is 10.9. The van der Waals surface area contributed by atoms with Crippen LogP contribution in [-0.2, 0) is 4.79 Å². The van der Waals surface area contributed by atoms with E-state index in [9.17, 15) is 15.0 Å². The topological polar surface area (TPSA) is 77.8 Å². The van der Waals surface area contributed by atoms with E-state index in [1.165, 1.54) is 25.7 Å². The van der Waals surface area contributed by atoms with E-state index in [0.717, 1.165) is 38.5 Å². The first-order valence-electron chi connectivity index (χ1n) is 11.3. The Labute approximate surface area is 163 Å². The van der Waals surface area contributed by atoms with Crippen LogP contribution in [0.5, 0.6) is 0 Å². The summed E-state index contributed by atoms with van der Waals surface area (Å²) in [7, 11) is 0. The highest BCUT2D eigenvalue weighted by molar-refractivity contribution is 5.66. The lowest BCUT2D eigenvalue weighted by atomic mass is 9.44. The van der Waals surface area contributed by atoms with Crippen molar-refractivity contribution in [2.75, 3.05) is 0 Å². The number of aliphatic hydroxyl groups is 2. The van der Waals surface area contributed by atoms with Gasteiger partial charge in [0.1, 0.15) is 0 Å². The lowest BCUT2D eigenvalue weighted by molar-refractivity contribution is -0.172. The fraction of sp³-hybridized carbons (Fsp3) is 0.957. The lowest BCUT2D eigenvalue weighted by Crippen LogP contribution is -2.58. The highest BCUT2D eigenvalue weighted by atomic mass is 16.4. The second-order valence-electron chi connectivity index (χ2n) is 10.8. The molecule has 0 aromatic rings. The average Bonchev–Trinajstić information content (AvgIpc) is 2.93. The molecule has 0 spiro atoms. The van der Waals surface area contributed by atoms with Crippen molar-refractivity contribution in [3.63, 3.8) is 0 Å². The molecule has 3 N–H and O–H groups in total. The van der Waals surface area contributed by atoms with Gasteiger partial charge in [-0.05, 0) is 105 Å². The van der Waals surface area contributed by atoms with Crippen LogP contribution in [-0.4, -0.2) is 33.5 Å². The summed E-state index contributed by atoms with van der Waals surface area (Å²) in [5.41, 5.74) is 0.559. The minimum absolute atomic E-state index is 0.175. The molecule has 0 saturated heterocycles. The van der Waals surface area contributed by atoms with Gasteiger partial charge in [-0.2, -0.15) is 0 Å². The van der Waals surface area contributed by atoms with Crippen molar-refractivity contribution < 1.29 is 20.1 Å². The molecule has 0 radical (unpaired) electrons. The Hall–Kier alpha value is -0.610. The standard InChI is InChI=1S/C23H38O4/c1-22-11-9-18-21(17(22)7-6-14(22)4-3-5-20(26)27)19(25)13-15-12-16(24)8-10-23(15,18)2/h14-19,21,24-25H,3-13H2,1-2H3,(H,26,27)/t14-,15?,16+,17?,18?,19?,21?,22?,23?/m0/s1. The lowest BCUT2D eigenvalue weighted by Gasteiger charge is -2.62. The fourth-order valence-corrected chi connectivity index (χ4v) is 8.28. The van der Waals surface area contributed by atoms with Gasteiger partial charge in [-0.25, -0.2) is 0 Å². The van der Waals surface area contributed by atoms with Crippen molar-refractivity contribution in [3.05, 3.63) is 0 Å². The van der Waals surface area contributed by atoms with Gasteiger partial charge in [0.2, 0.25) is 0 Å². The molecule has 4 aliphatic carbocycles. The predicted octanol–water partition coefficient (Wildman–Crippen LogP) is 4.23. The summed E-state index contributed by atoms with van der Waals surface area (Å²) >= 11 is 0. The Morgan fingerprint density at radius 2 is 1.67 bits per heavy atom. The Morgan fingerprint density at radius 1 is 0.963 bits per heavy atom. The minimum Gasteiger partial charge on any atom is -0.481 e. The van der Waals surface area contributed by atoms with Gasteiger partial charge in [0.15, 0.2) is 0 Å². The summed E-state index contributed by atoms with van der Waals surface area (Å²) < 4.78 is 0. The summed E-state index contributed by atoms with van der Waals surface area (Å²) in [6.07, 6.45) is 10.3. The minimum atomic E-state index is -0.681. The summed E-state index contributed by atoms with van der Waals surface area (Å²) in [6.45, 7) is 4.90. The van der Waals surface area contributed by atoms with Crippen LogP contribution in [0.3, 0.4) is 0 Å². The van der Waals surface area contributed by atoms with Crippen LogP contribution in [0.1, 0.15) is 84.5 Å². The Balaban J connectivity index is 1.53. The van der Waals surface area contributed by atoms with E-state index in [4.69, 9.17) is 5.11 Å². The van der Waals surface area contributed by atoms with Crippen LogP contribution in [0, 0.1) is 40.4 Å². The summed E-state index contributed by atoms with van der Waals surface area (Å²) in [5.74, 6) is 1.99. The van der Waals surface area contributed by atoms with Crippen LogP contribution >= 0.6 is 0 Å². The molecule has 4 heteroatoms. The van der Waals surface area contributed by atoms with Crippen molar-refractivity contribution in [3.8, 4) is 0 Å². The molecule has 0 aromatic heterocycles. The first kappa shape index (κ1) is 19.7. The van der Waals surface area contributed by atoms with Gasteiger partial charge in [0.05, 0.1) is 12.2 Å². The Morgan fingerprint density at radius 3 is 2.41 bits per heavy atom. The van der Waals surface area contributed by atoms with Gasteiger partial charge in [0, 0.05) is 6.42 Å². The highest BCUT2D eigenvalue weighted by Gasteiger charge is 2.62. The Kier molecular flexibility index (Phi) is 5.12. The van der Waals surface area contributed by atoms with E-state index in [1.54, 1.807) is 0 Å². The predicted molar refractivity (Wildman–Crippen MR) is 104 cm³/mol. The smallest absolute Gasteiger partial charge is 0.303 e. The number of carboxylic acids is 1. The Bertz CT molecular complexity index is 577. The third-order valence-corrected chi connectivity index (χ3v) is 9.80. The first-order valence-corrected chi connectivity index (χ1v) is 11.3. The second-order valence-corrected chi connectivity index (χ2v) is 10.8. The van der Waals surface area contributed by atoms with E-state index in [-0.39, 0.29) is 29.5 Å². The SMILES string of the molecule is CC12CC[C@@H](O)CC1CC(O)C1C2CCC2(C)C1CC[C@@H]2CCCC(=O)O. The van der Waals surface area contributed by atoms with E-state index in [1.807, 2.05) is 0 Å². The molecule has 0 bridgehead atoms. The number of rotatable bonds is 4. The summed E-state index contributed by atoms with van der Waals surface area (Å²) in [6, 6.07) is 0. The maximum atomic E-state index is 11.2. The van der Waals surface area contributed by atoms with E-state index in [2.05, 4.69) is 13.8 Å². The van der Waals surface area contributed by atoms with Gasteiger partial charge in [-0.15, -0.1) is 0 Å². The van der Waals surface area contributed by atoms with Crippen molar-refractivity contribution in [1.82, 2.24) is 0 Å². The van der Waals surface area contributed by atoms with Crippen LogP contribution in [0.25, 0.3) is 0 Å². The molecule has 4 aliphatic rings. The molecule has 0 aromatic carbocycles. The zero-order valence-corrected chi connectivity index (χ0v) is 17.1. The molecule has 4 fully saturated rings. The normalized spacial score (nSPS) is 51.9. The van der Waals surface area contributed by atoms with Crippen molar-refractivity contribution >= 4 is 5.97 Å². The quantitative estimate of drug-likeness (QED) is 0.684. The van der Waals surface area contributed by atoms with E-state index >= 15 is 0 Å². The molecule has 154 valence electrons. The third kappa shape index (κ3) is 3.15. The summed E-state index contributed by atoms with van der Waals surface area (Å²) in [5, 5.41) is 30.3. The number of aliphatic carboxylic acids is 1. The van der Waals surface area contributed by atoms with E-state index in [0.29, 0.717) is 29.6 Å². The van der Waals surface area contributed by atoms with Crippen molar-refractivity contribution in [2.24, 2.45) is 40.4 Å². The van der Waals surface area contributed by atoms with E-state index < -0.39 is 5.97 Å². The number of carboxylic acid groups (broad SMARTS) is 1. The average molecular weight is 379 g/mol. The van der Waals surface area contributed by atoms with Crippen LogP contribution in [0.4, 0.5) is 0 Å². The van der Waals surface area contributed by atoms with Gasteiger partial charge in [0.25, 0.3) is 0 Å². The maximum Gasteiger partial charge on any atom is 0.303 e. The fourth-order valence-electron chi connectivity index (χ4n) is 8.28. The van der Waals surface area contributed by atoms with Crippen LogP contribution < -0.4 is 0 Å². The molecule has 0 amide bonds. The number of aliphatic hydroxyl groups excluding tert-OH is 2. The molecule has 0 aliphatic heterocycles. The van der Waals surface area contributed by atoms with Crippen molar-refractivity contribution in [2.45, 2.75) is 96.7 Å². The molecular formula is C23H38O4. The largest absolute Gasteiger partial charge is 0.481 e. The van der Waals surface area contributed by atoms with Crippen LogP contribution in [0.2, 0.25) is 0 Å². The molecule has 4 rings (SSSR count). The second kappa shape index (κ2) is 7.02. The molecule has 4 saturated carbocycles.